The number of rotatable bonds is 5. The maximum atomic E-state index is 6.45. The van der Waals surface area contributed by atoms with Crippen LogP contribution < -0.4 is 4.90 Å². The van der Waals surface area contributed by atoms with Gasteiger partial charge in [-0.1, -0.05) is 23.8 Å². The second-order valence-corrected chi connectivity index (χ2v) is 9.97. The third-order valence-electron chi connectivity index (χ3n) is 7.27. The number of aryl methyl sites for hydroxylation is 1. The molecule has 0 bridgehead atoms. The number of benzene rings is 1. The smallest absolute Gasteiger partial charge is 0.176 e. The highest BCUT2D eigenvalue weighted by molar-refractivity contribution is 5.91. The first kappa shape index (κ1) is 23.2. The van der Waals surface area contributed by atoms with Gasteiger partial charge in [-0.15, -0.1) is 0 Å². The van der Waals surface area contributed by atoms with Crippen molar-refractivity contribution < 1.29 is 13.9 Å². The molecule has 38 heavy (non-hydrogen) atoms. The van der Waals surface area contributed by atoms with Crippen LogP contribution in [0.3, 0.4) is 0 Å². The molecular weight excluding hydrogens is 480 g/mol. The largest absolute Gasteiger partial charge is 0.452 e. The summed E-state index contributed by atoms with van der Waals surface area (Å²) in [5.41, 5.74) is 6.65. The van der Waals surface area contributed by atoms with Gasteiger partial charge in [-0.2, -0.15) is 10.2 Å². The zero-order valence-electron chi connectivity index (χ0n) is 21.4. The van der Waals surface area contributed by atoms with Crippen molar-refractivity contribution >= 4 is 16.8 Å². The number of hydrogen-bond donors (Lipinski definition) is 0. The minimum Gasteiger partial charge on any atom is -0.452 e. The van der Waals surface area contributed by atoms with Gasteiger partial charge in [0.1, 0.15) is 17.5 Å². The predicted octanol–water partition coefficient (Wildman–Crippen LogP) is 5.39. The lowest BCUT2D eigenvalue weighted by Crippen LogP contribution is -2.36. The van der Waals surface area contributed by atoms with Gasteiger partial charge >= 0.3 is 0 Å². The Morgan fingerprint density at radius 2 is 1.89 bits per heavy atom. The zero-order valence-corrected chi connectivity index (χ0v) is 21.4. The first-order valence-electron chi connectivity index (χ1n) is 13.3. The fourth-order valence-electron chi connectivity index (χ4n) is 5.26. The highest BCUT2D eigenvalue weighted by Gasteiger charge is 2.22. The maximum Gasteiger partial charge on any atom is 0.176 e. The second kappa shape index (κ2) is 9.74. The fraction of sp³-hybridized carbons (Fsp3) is 0.345. The minimum absolute atomic E-state index is 0.0158. The number of anilines is 1. The second-order valence-electron chi connectivity index (χ2n) is 9.97. The Kier molecular flexibility index (Phi) is 5.94. The highest BCUT2D eigenvalue weighted by Crippen LogP contribution is 2.35. The van der Waals surface area contributed by atoms with Gasteiger partial charge in [-0.3, -0.25) is 0 Å². The number of furan rings is 1. The fourth-order valence-corrected chi connectivity index (χ4v) is 5.26. The molecule has 0 amide bonds. The topological polar surface area (TPSA) is 83.4 Å². The van der Waals surface area contributed by atoms with Gasteiger partial charge in [-0.25, -0.2) is 14.3 Å². The molecule has 4 aromatic heterocycles. The monoisotopic (exact) mass is 510 g/mol. The Labute approximate surface area is 220 Å². The normalized spacial score (nSPS) is 18.3. The summed E-state index contributed by atoms with van der Waals surface area (Å²) in [6, 6.07) is 14.5. The summed E-state index contributed by atoms with van der Waals surface area (Å²) in [4.78, 5) is 7.27. The van der Waals surface area contributed by atoms with E-state index in [2.05, 4.69) is 47.3 Å². The van der Waals surface area contributed by atoms with Crippen LogP contribution in [0.2, 0.25) is 0 Å². The standard InChI is InChI=1S/C29H30N6O3/c1-20-5-4-6-21(15-20)23-8-9-34(32-23)27-17-25(33-10-13-36-14-11-33)29-24(31-27)16-26(38-29)22-18-30-35(19-22)28-7-2-3-12-37-28/h4-6,8-9,15-19,28H,2-3,7,10-14H2,1H3. The molecule has 1 unspecified atom stereocenters. The van der Waals surface area contributed by atoms with Crippen molar-refractivity contribution in [3.05, 3.63) is 66.6 Å². The van der Waals surface area contributed by atoms with E-state index in [-0.39, 0.29) is 6.23 Å². The molecule has 9 nitrogen and oxygen atoms in total. The first-order chi connectivity index (χ1) is 18.7. The van der Waals surface area contributed by atoms with E-state index in [1.54, 1.807) is 0 Å². The van der Waals surface area contributed by atoms with E-state index in [1.165, 1.54) is 5.56 Å². The SMILES string of the molecule is Cc1cccc(-c2ccn(-c3cc(N4CCOCC4)c4oc(-c5cnn(C6CCCCO6)c5)cc4n3)n2)c1. The summed E-state index contributed by atoms with van der Waals surface area (Å²) in [6.07, 6.45) is 9.02. The molecule has 7 rings (SSSR count). The molecule has 2 fully saturated rings. The van der Waals surface area contributed by atoms with Crippen LogP contribution in [0, 0.1) is 6.92 Å². The van der Waals surface area contributed by atoms with E-state index in [9.17, 15) is 0 Å². The molecule has 0 radical (unpaired) electrons. The molecular formula is C29H30N6O3. The van der Waals surface area contributed by atoms with Crippen LogP contribution >= 0.6 is 0 Å². The van der Waals surface area contributed by atoms with Crippen molar-refractivity contribution in [2.24, 2.45) is 0 Å². The third-order valence-corrected chi connectivity index (χ3v) is 7.27. The Morgan fingerprint density at radius 1 is 0.974 bits per heavy atom. The number of pyridine rings is 1. The highest BCUT2D eigenvalue weighted by atomic mass is 16.5. The van der Waals surface area contributed by atoms with Gasteiger partial charge in [0, 0.05) is 49.8 Å². The van der Waals surface area contributed by atoms with Crippen molar-refractivity contribution in [1.82, 2.24) is 24.5 Å². The van der Waals surface area contributed by atoms with Gasteiger partial charge in [-0.05, 0) is 38.3 Å². The van der Waals surface area contributed by atoms with E-state index in [0.29, 0.717) is 13.2 Å². The van der Waals surface area contributed by atoms with E-state index in [1.807, 2.05) is 40.1 Å². The quantitative estimate of drug-likeness (QED) is 0.314. The van der Waals surface area contributed by atoms with Crippen molar-refractivity contribution in [3.63, 3.8) is 0 Å². The van der Waals surface area contributed by atoms with Gasteiger partial charge in [0.15, 0.2) is 11.4 Å². The summed E-state index contributed by atoms with van der Waals surface area (Å²) in [5.74, 6) is 1.48. The average molecular weight is 511 g/mol. The van der Waals surface area contributed by atoms with E-state index < -0.39 is 0 Å². The Morgan fingerprint density at radius 3 is 2.74 bits per heavy atom. The van der Waals surface area contributed by atoms with Gasteiger partial charge < -0.3 is 18.8 Å². The molecule has 6 heterocycles. The van der Waals surface area contributed by atoms with Gasteiger partial charge in [0.05, 0.1) is 36.4 Å². The summed E-state index contributed by atoms with van der Waals surface area (Å²) in [5, 5.41) is 9.43. The molecule has 2 saturated heterocycles. The molecule has 0 N–H and O–H groups in total. The average Bonchev–Trinajstić information content (AvgIpc) is 3.73. The molecule has 0 spiro atoms. The molecule has 9 heteroatoms. The van der Waals surface area contributed by atoms with Crippen LogP contribution in [0.5, 0.6) is 0 Å². The van der Waals surface area contributed by atoms with Crippen LogP contribution in [0.4, 0.5) is 5.69 Å². The van der Waals surface area contributed by atoms with Gasteiger partial charge in [0.2, 0.25) is 0 Å². The number of hydrogen-bond acceptors (Lipinski definition) is 7. The number of aromatic nitrogens is 5. The Bertz CT molecular complexity index is 1570. The number of ether oxygens (including phenoxy) is 2. The lowest BCUT2D eigenvalue weighted by molar-refractivity contribution is -0.0394. The molecule has 0 saturated carbocycles. The summed E-state index contributed by atoms with van der Waals surface area (Å²) >= 11 is 0. The van der Waals surface area contributed by atoms with Gasteiger partial charge in [0.25, 0.3) is 0 Å². The van der Waals surface area contributed by atoms with Crippen LogP contribution in [-0.2, 0) is 9.47 Å². The molecule has 2 aliphatic heterocycles. The van der Waals surface area contributed by atoms with E-state index in [0.717, 1.165) is 84.1 Å². The van der Waals surface area contributed by atoms with Crippen LogP contribution in [0.15, 0.2) is 65.5 Å². The van der Waals surface area contributed by atoms with Crippen LogP contribution in [0.1, 0.15) is 31.1 Å². The first-order valence-corrected chi connectivity index (χ1v) is 13.3. The summed E-state index contributed by atoms with van der Waals surface area (Å²) in [7, 11) is 0. The Balaban J connectivity index is 1.28. The zero-order chi connectivity index (χ0) is 25.5. The third kappa shape index (κ3) is 4.37. The van der Waals surface area contributed by atoms with Crippen molar-refractivity contribution in [1.29, 1.82) is 0 Å². The molecule has 1 aromatic carbocycles. The molecule has 2 aliphatic rings. The van der Waals surface area contributed by atoms with E-state index in [4.69, 9.17) is 24.0 Å². The molecule has 5 aromatic rings. The van der Waals surface area contributed by atoms with Crippen molar-refractivity contribution in [2.75, 3.05) is 37.8 Å². The Hall–Kier alpha value is -3.95. The molecule has 194 valence electrons. The summed E-state index contributed by atoms with van der Waals surface area (Å²) < 4.78 is 21.7. The lowest BCUT2D eigenvalue weighted by atomic mass is 10.1. The van der Waals surface area contributed by atoms with Crippen LogP contribution in [0.25, 0.3) is 39.5 Å². The minimum atomic E-state index is -0.0158. The van der Waals surface area contributed by atoms with Crippen LogP contribution in [-0.4, -0.2) is 57.5 Å². The summed E-state index contributed by atoms with van der Waals surface area (Å²) in [6.45, 7) is 5.81. The predicted molar refractivity (Wildman–Crippen MR) is 144 cm³/mol. The lowest BCUT2D eigenvalue weighted by Gasteiger charge is -2.28. The maximum absolute atomic E-state index is 6.45. The van der Waals surface area contributed by atoms with Crippen molar-refractivity contribution in [3.8, 4) is 28.4 Å². The molecule has 1 atom stereocenters. The number of fused-ring (bicyclic) bond motifs is 1. The van der Waals surface area contributed by atoms with E-state index >= 15 is 0 Å². The van der Waals surface area contributed by atoms with Crippen molar-refractivity contribution in [2.45, 2.75) is 32.4 Å². The number of morpholine rings is 1. The molecule has 0 aliphatic carbocycles. The number of nitrogens with zero attached hydrogens (tertiary/aromatic N) is 6.